The molecule has 2 aromatic rings. The Balaban J connectivity index is 0.00000242. The maximum Gasteiger partial charge on any atom is 0.191 e. The number of halogens is 1. The van der Waals surface area contributed by atoms with E-state index in [1.54, 1.807) is 18.4 Å². The van der Waals surface area contributed by atoms with Crippen LogP contribution < -0.4 is 10.6 Å². The van der Waals surface area contributed by atoms with Crippen molar-refractivity contribution < 1.29 is 0 Å². The van der Waals surface area contributed by atoms with Gasteiger partial charge in [-0.05, 0) is 26.0 Å². The predicted octanol–water partition coefficient (Wildman–Crippen LogP) is 2.59. The molecule has 122 valence electrons. The second kappa shape index (κ2) is 9.83. The first-order chi connectivity index (χ1) is 10.2. The van der Waals surface area contributed by atoms with E-state index >= 15 is 0 Å². The topological polar surface area (TPSA) is 54.2 Å². The highest BCUT2D eigenvalue weighted by Gasteiger charge is 2.04. The summed E-state index contributed by atoms with van der Waals surface area (Å²) in [5.74, 6) is 0.848. The van der Waals surface area contributed by atoms with E-state index in [0.717, 1.165) is 42.7 Å². The van der Waals surface area contributed by atoms with Crippen molar-refractivity contribution in [2.24, 2.45) is 4.99 Å². The zero-order valence-corrected chi connectivity index (χ0v) is 16.4. The van der Waals surface area contributed by atoms with Gasteiger partial charge in [0, 0.05) is 50.4 Å². The van der Waals surface area contributed by atoms with E-state index in [1.165, 1.54) is 4.88 Å². The molecule has 2 N–H and O–H groups in total. The lowest BCUT2D eigenvalue weighted by Gasteiger charge is -2.12. The summed E-state index contributed by atoms with van der Waals surface area (Å²) in [6.45, 7) is 6.78. The number of rotatable bonds is 6. The molecule has 7 heteroatoms. The molecule has 0 saturated heterocycles. The summed E-state index contributed by atoms with van der Waals surface area (Å²) in [7, 11) is 1.80. The highest BCUT2D eigenvalue weighted by molar-refractivity contribution is 14.0. The Kier molecular flexibility index (Phi) is 8.47. The van der Waals surface area contributed by atoms with Crippen molar-refractivity contribution in [1.82, 2.24) is 20.2 Å². The van der Waals surface area contributed by atoms with Crippen molar-refractivity contribution in [3.63, 3.8) is 0 Å². The summed E-state index contributed by atoms with van der Waals surface area (Å²) >= 11 is 1.78. The molecule has 0 bridgehead atoms. The van der Waals surface area contributed by atoms with Crippen LogP contribution in [-0.4, -0.2) is 35.6 Å². The minimum Gasteiger partial charge on any atom is -0.356 e. The van der Waals surface area contributed by atoms with Gasteiger partial charge in [-0.1, -0.05) is 0 Å². The molecular formula is C15H24IN5S. The van der Waals surface area contributed by atoms with Crippen LogP contribution in [0.15, 0.2) is 29.5 Å². The third-order valence-electron chi connectivity index (χ3n) is 3.20. The maximum absolute atomic E-state index is 4.45. The Bertz CT molecular complexity index is 577. The van der Waals surface area contributed by atoms with Crippen LogP contribution in [0.4, 0.5) is 0 Å². The molecule has 0 saturated carbocycles. The minimum atomic E-state index is 0. The Morgan fingerprint density at radius 3 is 2.50 bits per heavy atom. The lowest BCUT2D eigenvalue weighted by molar-refractivity contribution is 0.665. The van der Waals surface area contributed by atoms with E-state index in [9.17, 15) is 0 Å². The number of nitrogens with zero attached hydrogens (tertiary/aromatic N) is 3. The maximum atomic E-state index is 4.45. The molecule has 0 radical (unpaired) electrons. The van der Waals surface area contributed by atoms with Crippen LogP contribution in [0.2, 0.25) is 0 Å². The van der Waals surface area contributed by atoms with Crippen LogP contribution in [0.5, 0.6) is 0 Å². The van der Waals surface area contributed by atoms with E-state index in [-0.39, 0.29) is 24.0 Å². The predicted molar refractivity (Wildman–Crippen MR) is 105 cm³/mol. The van der Waals surface area contributed by atoms with Gasteiger partial charge in [0.15, 0.2) is 5.96 Å². The Labute approximate surface area is 153 Å². The van der Waals surface area contributed by atoms with E-state index in [0.29, 0.717) is 0 Å². The standard InChI is InChI=1S/C15H23N5S.HI/c1-12-14(21-13(2)19-12)6-7-17-15(16-3)18-8-11-20-9-4-5-10-20;/h4-5,9-10H,6-8,11H2,1-3H3,(H2,16,17,18);1H. The third-order valence-corrected chi connectivity index (χ3v) is 4.33. The molecule has 2 aromatic heterocycles. The van der Waals surface area contributed by atoms with E-state index in [4.69, 9.17) is 0 Å². The van der Waals surface area contributed by atoms with Gasteiger partial charge >= 0.3 is 0 Å². The molecule has 5 nitrogen and oxygen atoms in total. The first-order valence-corrected chi connectivity index (χ1v) is 7.99. The van der Waals surface area contributed by atoms with Gasteiger partial charge in [0.2, 0.25) is 0 Å². The molecule has 0 aromatic carbocycles. The van der Waals surface area contributed by atoms with Crippen LogP contribution in [0, 0.1) is 13.8 Å². The molecule has 0 aliphatic carbocycles. The molecule has 0 unspecified atom stereocenters. The fourth-order valence-electron chi connectivity index (χ4n) is 2.14. The second-order valence-electron chi connectivity index (χ2n) is 4.84. The van der Waals surface area contributed by atoms with Gasteiger partial charge in [-0.25, -0.2) is 4.98 Å². The van der Waals surface area contributed by atoms with Crippen molar-refractivity contribution in [1.29, 1.82) is 0 Å². The quantitative estimate of drug-likeness (QED) is 0.419. The van der Waals surface area contributed by atoms with Crippen molar-refractivity contribution in [2.45, 2.75) is 26.8 Å². The number of aromatic nitrogens is 2. The summed E-state index contributed by atoms with van der Waals surface area (Å²) in [5.41, 5.74) is 1.15. The van der Waals surface area contributed by atoms with Crippen LogP contribution in [0.25, 0.3) is 0 Å². The van der Waals surface area contributed by atoms with Crippen molar-refractivity contribution in [3.05, 3.63) is 40.1 Å². The summed E-state index contributed by atoms with van der Waals surface area (Å²) in [6, 6.07) is 4.07. The normalized spacial score (nSPS) is 11.1. The van der Waals surface area contributed by atoms with Gasteiger partial charge in [-0.15, -0.1) is 35.3 Å². The van der Waals surface area contributed by atoms with Gasteiger partial charge in [-0.3, -0.25) is 4.99 Å². The Morgan fingerprint density at radius 1 is 1.23 bits per heavy atom. The average Bonchev–Trinajstić information content (AvgIpc) is 3.07. The lowest BCUT2D eigenvalue weighted by Crippen LogP contribution is -2.39. The van der Waals surface area contributed by atoms with E-state index in [1.807, 2.05) is 12.1 Å². The largest absolute Gasteiger partial charge is 0.356 e. The van der Waals surface area contributed by atoms with Gasteiger partial charge in [0.1, 0.15) is 0 Å². The van der Waals surface area contributed by atoms with Gasteiger partial charge < -0.3 is 15.2 Å². The summed E-state index contributed by atoms with van der Waals surface area (Å²) < 4.78 is 2.14. The van der Waals surface area contributed by atoms with Crippen molar-refractivity contribution in [2.75, 3.05) is 20.1 Å². The number of nitrogens with one attached hydrogen (secondary N) is 2. The molecular weight excluding hydrogens is 409 g/mol. The lowest BCUT2D eigenvalue weighted by atomic mass is 10.3. The van der Waals surface area contributed by atoms with E-state index < -0.39 is 0 Å². The zero-order chi connectivity index (χ0) is 15.1. The highest BCUT2D eigenvalue weighted by Crippen LogP contribution is 2.16. The molecule has 2 rings (SSSR count). The van der Waals surface area contributed by atoms with E-state index in [2.05, 4.69) is 51.4 Å². The molecule has 0 atom stereocenters. The molecule has 2 heterocycles. The number of thiazole rings is 1. The fraction of sp³-hybridized carbons (Fsp3) is 0.467. The summed E-state index contributed by atoms with van der Waals surface area (Å²) in [4.78, 5) is 10.0. The Morgan fingerprint density at radius 2 is 1.91 bits per heavy atom. The minimum absolute atomic E-state index is 0. The van der Waals surface area contributed by atoms with Crippen LogP contribution in [0.1, 0.15) is 15.6 Å². The number of aliphatic imine (C=N–C) groups is 1. The monoisotopic (exact) mass is 433 g/mol. The van der Waals surface area contributed by atoms with Gasteiger partial charge in [0.25, 0.3) is 0 Å². The second-order valence-corrected chi connectivity index (χ2v) is 6.13. The molecule has 0 aliphatic rings. The number of hydrogen-bond acceptors (Lipinski definition) is 3. The SMILES string of the molecule is CN=C(NCCc1sc(C)nc1C)NCCn1cccc1.I. The number of guanidine groups is 1. The molecule has 0 amide bonds. The molecule has 0 aliphatic heterocycles. The average molecular weight is 433 g/mol. The first kappa shape index (κ1) is 19.0. The number of aryl methyl sites for hydroxylation is 2. The highest BCUT2D eigenvalue weighted by atomic mass is 127. The molecule has 0 fully saturated rings. The third kappa shape index (κ3) is 5.96. The molecule has 0 spiro atoms. The van der Waals surface area contributed by atoms with Crippen molar-refractivity contribution in [3.8, 4) is 0 Å². The van der Waals surface area contributed by atoms with Crippen molar-refractivity contribution >= 4 is 41.3 Å². The van der Waals surface area contributed by atoms with Gasteiger partial charge in [0.05, 0.1) is 10.7 Å². The summed E-state index contributed by atoms with van der Waals surface area (Å²) in [5, 5.41) is 7.80. The van der Waals surface area contributed by atoms with Crippen LogP contribution in [-0.2, 0) is 13.0 Å². The van der Waals surface area contributed by atoms with Gasteiger partial charge in [-0.2, -0.15) is 0 Å². The van der Waals surface area contributed by atoms with Crippen LogP contribution >= 0.6 is 35.3 Å². The van der Waals surface area contributed by atoms with Crippen LogP contribution in [0.3, 0.4) is 0 Å². The zero-order valence-electron chi connectivity index (χ0n) is 13.3. The fourth-order valence-corrected chi connectivity index (χ4v) is 3.08. The molecule has 22 heavy (non-hydrogen) atoms. The first-order valence-electron chi connectivity index (χ1n) is 7.17. The number of hydrogen-bond donors (Lipinski definition) is 2. The summed E-state index contributed by atoms with van der Waals surface area (Å²) in [6.07, 6.45) is 5.11. The Hall–Kier alpha value is -1.09. The smallest absolute Gasteiger partial charge is 0.191 e.